The van der Waals surface area contributed by atoms with E-state index < -0.39 is 30.3 Å². The number of hydrogen-bond donors (Lipinski definition) is 0. The Morgan fingerprint density at radius 2 is 1.62 bits per heavy atom. The molecule has 1 aliphatic heterocycles. The Morgan fingerprint density at radius 1 is 1.00 bits per heavy atom. The molecule has 1 aliphatic rings. The quantitative estimate of drug-likeness (QED) is 0.553. The monoisotopic (exact) mass is 395 g/mol. The Kier molecular flexibility index (Phi) is 5.63. The van der Waals surface area contributed by atoms with Crippen LogP contribution in [0.3, 0.4) is 0 Å². The van der Waals surface area contributed by atoms with Crippen molar-refractivity contribution < 1.29 is 23.9 Å². The number of urea groups is 1. The van der Waals surface area contributed by atoms with Crippen LogP contribution in [0.25, 0.3) is 0 Å². The fourth-order valence-corrected chi connectivity index (χ4v) is 3.02. The zero-order chi connectivity index (χ0) is 21.1. The lowest BCUT2D eigenvalue weighted by atomic mass is 10.1. The molecule has 150 valence electrons. The van der Waals surface area contributed by atoms with Gasteiger partial charge < -0.3 is 9.64 Å². The molecule has 0 bridgehead atoms. The molecule has 0 radical (unpaired) electrons. The molecule has 0 aromatic heterocycles. The van der Waals surface area contributed by atoms with Crippen molar-refractivity contribution in [3.63, 3.8) is 0 Å². The summed E-state index contributed by atoms with van der Waals surface area (Å²) in [5.74, 6) is -1.93. The molecule has 1 heterocycles. The molecule has 0 saturated carbocycles. The Balaban J connectivity index is 1.75. The maximum absolute atomic E-state index is 12.7. The predicted molar refractivity (Wildman–Crippen MR) is 105 cm³/mol. The van der Waals surface area contributed by atoms with Crippen LogP contribution in [0, 0.1) is 0 Å². The molecular weight excluding hydrogens is 374 g/mol. The van der Waals surface area contributed by atoms with Crippen LogP contribution in [0.1, 0.15) is 18.5 Å². The van der Waals surface area contributed by atoms with Gasteiger partial charge in [0.2, 0.25) is 5.91 Å². The SMILES string of the molecule is COc1ccc(N2C(=O)C(=O)N(CC(=O)N(C)[C@@H](C)c3ccccc3)C2=O)cc1. The first kappa shape index (κ1) is 20.1. The second kappa shape index (κ2) is 8.14. The van der Waals surface area contributed by atoms with Crippen molar-refractivity contribution in [2.24, 2.45) is 0 Å². The standard InChI is InChI=1S/C21H21N3O5/c1-14(15-7-5-4-6-8-15)22(2)18(25)13-23-19(26)20(27)24(21(23)28)16-9-11-17(29-3)12-10-16/h4-12,14H,13H2,1-3H3/t14-/m0/s1. The van der Waals surface area contributed by atoms with Crippen LogP contribution >= 0.6 is 0 Å². The molecule has 1 saturated heterocycles. The number of carbonyl (C=O) groups excluding carboxylic acids is 4. The van der Waals surface area contributed by atoms with Crippen molar-refractivity contribution in [2.75, 3.05) is 25.6 Å². The van der Waals surface area contributed by atoms with Crippen molar-refractivity contribution >= 4 is 29.4 Å². The molecule has 0 aliphatic carbocycles. The molecule has 0 N–H and O–H groups in total. The van der Waals surface area contributed by atoms with E-state index in [1.165, 1.54) is 24.1 Å². The van der Waals surface area contributed by atoms with Crippen LogP contribution in [0.2, 0.25) is 0 Å². The highest BCUT2D eigenvalue weighted by Crippen LogP contribution is 2.25. The van der Waals surface area contributed by atoms with Crippen LogP contribution in [0.5, 0.6) is 5.75 Å². The average Bonchev–Trinajstić information content (AvgIpc) is 2.96. The number of methoxy groups -OCH3 is 1. The third-order valence-corrected chi connectivity index (χ3v) is 4.93. The maximum Gasteiger partial charge on any atom is 0.339 e. The topological polar surface area (TPSA) is 87.2 Å². The summed E-state index contributed by atoms with van der Waals surface area (Å²) in [4.78, 5) is 52.9. The molecule has 0 spiro atoms. The van der Waals surface area contributed by atoms with Crippen LogP contribution < -0.4 is 9.64 Å². The summed E-state index contributed by atoms with van der Waals surface area (Å²) >= 11 is 0. The number of benzene rings is 2. The number of imide groups is 2. The number of nitrogens with zero attached hydrogens (tertiary/aromatic N) is 3. The zero-order valence-electron chi connectivity index (χ0n) is 16.4. The van der Waals surface area contributed by atoms with E-state index in [2.05, 4.69) is 0 Å². The smallest absolute Gasteiger partial charge is 0.339 e. The number of carbonyl (C=O) groups is 4. The van der Waals surface area contributed by atoms with Crippen molar-refractivity contribution in [1.29, 1.82) is 0 Å². The first-order valence-corrected chi connectivity index (χ1v) is 8.99. The first-order valence-electron chi connectivity index (χ1n) is 8.99. The number of anilines is 1. The molecular formula is C21H21N3O5. The molecule has 2 aromatic rings. The van der Waals surface area contributed by atoms with Crippen molar-refractivity contribution in [3.8, 4) is 5.75 Å². The largest absolute Gasteiger partial charge is 0.497 e. The van der Waals surface area contributed by atoms with Gasteiger partial charge in [-0.3, -0.25) is 14.4 Å². The van der Waals surface area contributed by atoms with Gasteiger partial charge in [-0.05, 0) is 36.8 Å². The molecule has 5 amide bonds. The Morgan fingerprint density at radius 3 is 2.21 bits per heavy atom. The summed E-state index contributed by atoms with van der Waals surface area (Å²) < 4.78 is 5.05. The first-order chi connectivity index (χ1) is 13.8. The lowest BCUT2D eigenvalue weighted by Crippen LogP contribution is -2.42. The number of likely N-dealkylation sites (N-methyl/N-ethyl adjacent to an activating group) is 1. The molecule has 29 heavy (non-hydrogen) atoms. The lowest BCUT2D eigenvalue weighted by molar-refractivity contribution is -0.142. The summed E-state index contributed by atoms with van der Waals surface area (Å²) in [6.07, 6.45) is 0. The van der Waals surface area contributed by atoms with Gasteiger partial charge in [-0.25, -0.2) is 14.6 Å². The van der Waals surface area contributed by atoms with Crippen molar-refractivity contribution in [1.82, 2.24) is 9.80 Å². The minimum atomic E-state index is -1.03. The van der Waals surface area contributed by atoms with E-state index in [9.17, 15) is 19.2 Å². The Labute approximate surface area is 168 Å². The Hall–Kier alpha value is -3.68. The van der Waals surface area contributed by atoms with Crippen molar-refractivity contribution in [2.45, 2.75) is 13.0 Å². The van der Waals surface area contributed by atoms with Gasteiger partial charge in [0.1, 0.15) is 12.3 Å². The molecule has 2 aromatic carbocycles. The van der Waals surface area contributed by atoms with E-state index in [0.717, 1.165) is 10.5 Å². The summed E-state index contributed by atoms with van der Waals surface area (Å²) in [6, 6.07) is 14.4. The van der Waals surface area contributed by atoms with Crippen LogP contribution in [-0.4, -0.2) is 54.3 Å². The number of rotatable bonds is 6. The number of amides is 5. The van der Waals surface area contributed by atoms with E-state index in [-0.39, 0.29) is 11.7 Å². The average molecular weight is 395 g/mol. The minimum absolute atomic E-state index is 0.232. The third-order valence-electron chi connectivity index (χ3n) is 4.93. The van der Waals surface area contributed by atoms with Gasteiger partial charge in [-0.2, -0.15) is 0 Å². The fraction of sp³-hybridized carbons (Fsp3) is 0.238. The summed E-state index contributed by atoms with van der Waals surface area (Å²) in [5.41, 5.74) is 1.15. The molecule has 8 nitrogen and oxygen atoms in total. The zero-order valence-corrected chi connectivity index (χ0v) is 16.4. The van der Waals surface area contributed by atoms with E-state index >= 15 is 0 Å². The molecule has 0 unspecified atom stereocenters. The number of ether oxygens (including phenoxy) is 1. The normalized spacial score (nSPS) is 14.9. The van der Waals surface area contributed by atoms with E-state index in [4.69, 9.17) is 4.74 Å². The van der Waals surface area contributed by atoms with Gasteiger partial charge in [0, 0.05) is 7.05 Å². The summed E-state index contributed by atoms with van der Waals surface area (Å²) in [5, 5.41) is 0. The minimum Gasteiger partial charge on any atom is -0.497 e. The van der Waals surface area contributed by atoms with Crippen LogP contribution in [-0.2, 0) is 14.4 Å². The van der Waals surface area contributed by atoms with Crippen molar-refractivity contribution in [3.05, 3.63) is 60.2 Å². The summed E-state index contributed by atoms with van der Waals surface area (Å²) in [6.45, 7) is 1.33. The van der Waals surface area contributed by atoms with Gasteiger partial charge in [-0.15, -0.1) is 0 Å². The van der Waals surface area contributed by atoms with E-state index in [0.29, 0.717) is 10.6 Å². The predicted octanol–water partition coefficient (Wildman–Crippen LogP) is 2.21. The van der Waals surface area contributed by atoms with Gasteiger partial charge in [-0.1, -0.05) is 30.3 Å². The maximum atomic E-state index is 12.7. The van der Waals surface area contributed by atoms with Gasteiger partial charge in [0.25, 0.3) is 0 Å². The second-order valence-corrected chi connectivity index (χ2v) is 6.60. The highest BCUT2D eigenvalue weighted by Gasteiger charge is 2.46. The summed E-state index contributed by atoms with van der Waals surface area (Å²) in [7, 11) is 3.08. The van der Waals surface area contributed by atoms with E-state index in [1.54, 1.807) is 19.2 Å². The number of hydrogen-bond acceptors (Lipinski definition) is 5. The molecule has 8 heteroatoms. The molecule has 1 fully saturated rings. The molecule has 1 atom stereocenters. The Bertz CT molecular complexity index is 943. The van der Waals surface area contributed by atoms with Crippen LogP contribution in [0.4, 0.5) is 10.5 Å². The van der Waals surface area contributed by atoms with Gasteiger partial charge in [0.05, 0.1) is 18.8 Å². The third kappa shape index (κ3) is 3.82. The highest BCUT2D eigenvalue weighted by atomic mass is 16.5. The highest BCUT2D eigenvalue weighted by molar-refractivity contribution is 6.53. The van der Waals surface area contributed by atoms with Gasteiger partial charge in [0.15, 0.2) is 0 Å². The van der Waals surface area contributed by atoms with E-state index in [1.807, 2.05) is 37.3 Å². The van der Waals surface area contributed by atoms with Crippen LogP contribution in [0.15, 0.2) is 54.6 Å². The second-order valence-electron chi connectivity index (χ2n) is 6.60. The lowest BCUT2D eigenvalue weighted by Gasteiger charge is -2.26. The fourth-order valence-electron chi connectivity index (χ4n) is 3.02. The molecule has 3 rings (SSSR count). The van der Waals surface area contributed by atoms with Gasteiger partial charge >= 0.3 is 17.8 Å².